The quantitative estimate of drug-likeness (QED) is 0.722. The van der Waals surface area contributed by atoms with Crippen LogP contribution in [0.25, 0.3) is 21.0 Å². The maximum Gasteiger partial charge on any atom is 0.289 e. The van der Waals surface area contributed by atoms with E-state index in [1.807, 2.05) is 35.2 Å². The van der Waals surface area contributed by atoms with Crippen LogP contribution in [0.15, 0.2) is 40.8 Å². The molecule has 134 valence electrons. The molecule has 25 heavy (non-hydrogen) atoms. The number of hydrogen-bond donors (Lipinski definition) is 1. The molecule has 1 aliphatic rings. The van der Waals surface area contributed by atoms with E-state index in [-0.39, 0.29) is 36.8 Å². The molecule has 5 nitrogen and oxygen atoms in total. The molecule has 8 heteroatoms. The zero-order valence-electron chi connectivity index (χ0n) is 13.4. The number of furan rings is 1. The normalized spacial score (nSPS) is 16.5. The first kappa shape index (κ1) is 19.7. The van der Waals surface area contributed by atoms with Crippen LogP contribution in [0.5, 0.6) is 0 Å². The third kappa shape index (κ3) is 3.67. The Morgan fingerprint density at radius 3 is 2.84 bits per heavy atom. The maximum absolute atomic E-state index is 12.6. The first-order valence-electron chi connectivity index (χ1n) is 7.73. The Bertz CT molecular complexity index is 831. The van der Waals surface area contributed by atoms with E-state index >= 15 is 0 Å². The molecule has 2 N–H and O–H groups in total. The number of rotatable bonds is 3. The number of benzene rings is 1. The van der Waals surface area contributed by atoms with Gasteiger partial charge in [-0.25, -0.2) is 4.98 Å². The highest BCUT2D eigenvalue weighted by Gasteiger charge is 2.30. The Labute approximate surface area is 162 Å². The minimum Gasteiger partial charge on any atom is -0.448 e. The van der Waals surface area contributed by atoms with Crippen molar-refractivity contribution in [2.75, 3.05) is 13.1 Å². The Balaban J connectivity index is 0.00000113. The van der Waals surface area contributed by atoms with Crippen molar-refractivity contribution in [2.24, 2.45) is 5.73 Å². The number of likely N-dealkylation sites (tertiary alicyclic amines) is 1. The van der Waals surface area contributed by atoms with Gasteiger partial charge >= 0.3 is 0 Å². The van der Waals surface area contributed by atoms with Gasteiger partial charge in [0.15, 0.2) is 16.5 Å². The monoisotopic (exact) mass is 399 g/mol. The van der Waals surface area contributed by atoms with Gasteiger partial charge in [-0.15, -0.1) is 36.2 Å². The lowest BCUT2D eigenvalue weighted by atomic mass is 10.2. The van der Waals surface area contributed by atoms with E-state index in [9.17, 15) is 4.79 Å². The topological polar surface area (TPSA) is 72.4 Å². The van der Waals surface area contributed by atoms with Crippen LogP contribution >= 0.6 is 36.2 Å². The van der Waals surface area contributed by atoms with Crippen LogP contribution in [0.1, 0.15) is 23.4 Å². The number of nitrogens with two attached hydrogens (primary N) is 1. The van der Waals surface area contributed by atoms with Crippen LogP contribution in [0.2, 0.25) is 0 Å². The molecule has 1 amide bonds. The lowest BCUT2D eigenvalue weighted by Gasteiger charge is -2.22. The van der Waals surface area contributed by atoms with Gasteiger partial charge in [0.2, 0.25) is 0 Å². The molecule has 1 saturated heterocycles. The number of hydrogen-bond acceptors (Lipinski definition) is 5. The first-order chi connectivity index (χ1) is 11.3. The SMILES string of the molecule is Cl.Cl.NCC1CCCN1C(=O)c1ccc(-c2nc3ccccc3s2)o1. The number of carbonyl (C=O) groups excluding carboxylic acids is 1. The van der Waals surface area contributed by atoms with E-state index in [4.69, 9.17) is 10.2 Å². The van der Waals surface area contributed by atoms with Crippen molar-refractivity contribution < 1.29 is 9.21 Å². The number of thiazole rings is 1. The average Bonchev–Trinajstić information content (AvgIpc) is 3.30. The number of carbonyl (C=O) groups is 1. The van der Waals surface area contributed by atoms with E-state index in [1.54, 1.807) is 17.4 Å². The van der Waals surface area contributed by atoms with Gasteiger partial charge in [0.25, 0.3) is 5.91 Å². The predicted molar refractivity (Wildman–Crippen MR) is 105 cm³/mol. The van der Waals surface area contributed by atoms with Crippen LogP contribution in [-0.4, -0.2) is 34.9 Å². The Hall–Kier alpha value is -1.60. The van der Waals surface area contributed by atoms with Crippen molar-refractivity contribution in [1.82, 2.24) is 9.88 Å². The molecule has 2 aromatic heterocycles. The summed E-state index contributed by atoms with van der Waals surface area (Å²) in [6.45, 7) is 1.25. The van der Waals surface area contributed by atoms with Gasteiger partial charge in [0.1, 0.15) is 0 Å². The van der Waals surface area contributed by atoms with Crippen molar-refractivity contribution in [1.29, 1.82) is 0 Å². The van der Waals surface area contributed by atoms with Crippen molar-refractivity contribution in [3.8, 4) is 10.8 Å². The van der Waals surface area contributed by atoms with Crippen molar-refractivity contribution in [3.05, 3.63) is 42.2 Å². The summed E-state index contributed by atoms with van der Waals surface area (Å²) in [5.74, 6) is 0.919. The molecular formula is C17H19Cl2N3O2S. The number of halogens is 2. The van der Waals surface area contributed by atoms with Crippen LogP contribution in [0.3, 0.4) is 0 Å². The summed E-state index contributed by atoms with van der Waals surface area (Å²) in [6, 6.07) is 11.6. The van der Waals surface area contributed by atoms with Crippen LogP contribution in [0, 0.1) is 0 Å². The molecule has 0 radical (unpaired) electrons. The predicted octanol–water partition coefficient (Wildman–Crippen LogP) is 3.96. The second-order valence-electron chi connectivity index (χ2n) is 5.68. The highest BCUT2D eigenvalue weighted by atomic mass is 35.5. The van der Waals surface area contributed by atoms with Gasteiger partial charge in [-0.05, 0) is 37.1 Å². The van der Waals surface area contributed by atoms with E-state index in [1.165, 1.54) is 0 Å². The molecule has 0 bridgehead atoms. The number of fused-ring (bicyclic) bond motifs is 1. The molecule has 0 spiro atoms. The van der Waals surface area contributed by atoms with Crippen molar-refractivity contribution in [3.63, 3.8) is 0 Å². The Kier molecular flexibility index (Phi) is 6.46. The second kappa shape index (κ2) is 8.19. The summed E-state index contributed by atoms with van der Waals surface area (Å²) in [7, 11) is 0. The molecule has 1 aromatic carbocycles. The summed E-state index contributed by atoms with van der Waals surface area (Å²) >= 11 is 1.56. The van der Waals surface area contributed by atoms with E-state index in [2.05, 4.69) is 4.98 Å². The van der Waals surface area contributed by atoms with E-state index < -0.39 is 0 Å². The number of nitrogens with zero attached hydrogens (tertiary/aromatic N) is 2. The molecule has 4 rings (SSSR count). The highest BCUT2D eigenvalue weighted by molar-refractivity contribution is 7.21. The zero-order valence-corrected chi connectivity index (χ0v) is 15.8. The fourth-order valence-corrected chi connectivity index (χ4v) is 3.96. The van der Waals surface area contributed by atoms with Gasteiger partial charge in [-0.2, -0.15) is 0 Å². The molecule has 1 aliphatic heterocycles. The van der Waals surface area contributed by atoms with Crippen molar-refractivity contribution >= 4 is 52.3 Å². The van der Waals surface area contributed by atoms with Gasteiger partial charge in [-0.1, -0.05) is 12.1 Å². The van der Waals surface area contributed by atoms with E-state index in [0.29, 0.717) is 18.1 Å². The minimum absolute atomic E-state index is 0. The van der Waals surface area contributed by atoms with Gasteiger partial charge < -0.3 is 15.1 Å². The largest absolute Gasteiger partial charge is 0.448 e. The molecule has 3 heterocycles. The third-order valence-corrected chi connectivity index (χ3v) is 5.28. The molecule has 3 aromatic rings. The molecular weight excluding hydrogens is 381 g/mol. The molecule has 1 fully saturated rings. The second-order valence-corrected chi connectivity index (χ2v) is 6.71. The fraction of sp³-hybridized carbons (Fsp3) is 0.294. The highest BCUT2D eigenvalue weighted by Crippen LogP contribution is 2.31. The molecule has 1 atom stereocenters. The fourth-order valence-electron chi connectivity index (χ4n) is 3.04. The Morgan fingerprint density at radius 2 is 2.08 bits per heavy atom. The van der Waals surface area contributed by atoms with Gasteiger partial charge in [-0.3, -0.25) is 4.79 Å². The minimum atomic E-state index is -0.0784. The summed E-state index contributed by atoms with van der Waals surface area (Å²) in [4.78, 5) is 19.0. The molecule has 0 saturated carbocycles. The van der Waals surface area contributed by atoms with Crippen LogP contribution in [-0.2, 0) is 0 Å². The first-order valence-corrected chi connectivity index (χ1v) is 8.55. The number of aromatic nitrogens is 1. The maximum atomic E-state index is 12.6. The van der Waals surface area contributed by atoms with Crippen LogP contribution in [0.4, 0.5) is 0 Å². The summed E-state index contributed by atoms with van der Waals surface area (Å²) in [6.07, 6.45) is 1.96. The van der Waals surface area contributed by atoms with E-state index in [0.717, 1.165) is 34.6 Å². The summed E-state index contributed by atoms with van der Waals surface area (Å²) in [5.41, 5.74) is 6.69. The number of amides is 1. The summed E-state index contributed by atoms with van der Waals surface area (Å²) in [5, 5.41) is 0.794. The summed E-state index contributed by atoms with van der Waals surface area (Å²) < 4.78 is 6.89. The Morgan fingerprint density at radius 1 is 1.28 bits per heavy atom. The number of para-hydroxylation sites is 1. The molecule has 0 aliphatic carbocycles. The smallest absolute Gasteiger partial charge is 0.289 e. The van der Waals surface area contributed by atoms with Crippen molar-refractivity contribution in [2.45, 2.75) is 18.9 Å². The zero-order chi connectivity index (χ0) is 15.8. The molecule has 1 unspecified atom stereocenters. The third-order valence-electron chi connectivity index (χ3n) is 4.23. The lowest BCUT2D eigenvalue weighted by Crippen LogP contribution is -2.39. The standard InChI is InChI=1S/C17H17N3O2S.2ClH/c18-10-11-4-3-9-20(11)17(21)14-8-7-13(22-14)16-19-12-5-1-2-6-15(12)23-16;;/h1-2,5-8,11H,3-4,9-10,18H2;2*1H. The van der Waals surface area contributed by atoms with Crippen LogP contribution < -0.4 is 5.73 Å². The van der Waals surface area contributed by atoms with Gasteiger partial charge in [0, 0.05) is 19.1 Å². The lowest BCUT2D eigenvalue weighted by molar-refractivity contribution is 0.0710. The average molecular weight is 400 g/mol. The van der Waals surface area contributed by atoms with Gasteiger partial charge in [0.05, 0.1) is 10.2 Å².